The van der Waals surface area contributed by atoms with E-state index in [0.717, 1.165) is 17.9 Å². The van der Waals surface area contributed by atoms with Crippen LogP contribution in [0.4, 0.5) is 5.69 Å². The molecule has 35 heavy (non-hydrogen) atoms. The Bertz CT molecular complexity index is 1290. The summed E-state index contributed by atoms with van der Waals surface area (Å²) in [6.45, 7) is 1.29. The maximum absolute atomic E-state index is 13.6. The van der Waals surface area contributed by atoms with Crippen LogP contribution in [0.15, 0.2) is 88.2 Å². The Kier molecular flexibility index (Phi) is 9.31. The summed E-state index contributed by atoms with van der Waals surface area (Å²) in [7, 11) is -2.55. The van der Waals surface area contributed by atoms with Gasteiger partial charge in [-0.25, -0.2) is 8.42 Å². The fourth-order valence-corrected chi connectivity index (χ4v) is 5.72. The molecule has 0 saturated carbocycles. The topological polar surface area (TPSA) is 86.8 Å². The highest BCUT2D eigenvalue weighted by atomic mass is 127. The molecule has 0 aliphatic rings. The van der Waals surface area contributed by atoms with Crippen molar-refractivity contribution in [3.63, 3.8) is 0 Å². The van der Waals surface area contributed by atoms with Crippen molar-refractivity contribution in [1.29, 1.82) is 0 Å². The number of hydrogen-bond donors (Lipinski definition) is 1. The maximum Gasteiger partial charge on any atom is 0.264 e. The monoisotopic (exact) mass is 669 g/mol. The first-order chi connectivity index (χ1) is 16.6. The highest BCUT2D eigenvalue weighted by Crippen LogP contribution is 2.25. The third-order valence-electron chi connectivity index (χ3n) is 5.38. The van der Waals surface area contributed by atoms with Gasteiger partial charge >= 0.3 is 0 Å². The van der Waals surface area contributed by atoms with Gasteiger partial charge < -0.3 is 10.2 Å². The van der Waals surface area contributed by atoms with Crippen molar-refractivity contribution in [3.8, 4) is 0 Å². The molecule has 0 unspecified atom stereocenters. The molecule has 0 aromatic heterocycles. The molecule has 3 rings (SSSR count). The van der Waals surface area contributed by atoms with Crippen LogP contribution in [-0.4, -0.2) is 44.8 Å². The highest BCUT2D eigenvalue weighted by Gasteiger charge is 2.32. The molecule has 1 atom stereocenters. The van der Waals surface area contributed by atoms with E-state index >= 15 is 0 Å². The molecule has 0 saturated heterocycles. The molecular weight excluding hydrogens is 645 g/mol. The lowest BCUT2D eigenvalue weighted by molar-refractivity contribution is -0.139. The van der Waals surface area contributed by atoms with Crippen molar-refractivity contribution in [3.05, 3.63) is 92.5 Å². The molecule has 7 nitrogen and oxygen atoms in total. The van der Waals surface area contributed by atoms with E-state index in [1.165, 1.54) is 24.1 Å². The molecule has 184 valence electrons. The molecule has 1 N–H and O–H groups in total. The van der Waals surface area contributed by atoms with E-state index in [4.69, 9.17) is 0 Å². The predicted octanol–water partition coefficient (Wildman–Crippen LogP) is 4.41. The minimum absolute atomic E-state index is 0.0734. The summed E-state index contributed by atoms with van der Waals surface area (Å²) in [5, 5.41) is 2.57. The second kappa shape index (κ2) is 12.0. The van der Waals surface area contributed by atoms with E-state index in [-0.39, 0.29) is 17.3 Å². The van der Waals surface area contributed by atoms with Crippen LogP contribution in [0.5, 0.6) is 0 Å². The number of nitrogens with zero attached hydrogens (tertiary/aromatic N) is 2. The highest BCUT2D eigenvalue weighted by molar-refractivity contribution is 14.1. The van der Waals surface area contributed by atoms with Crippen molar-refractivity contribution in [2.45, 2.75) is 24.4 Å². The number of hydrogen-bond acceptors (Lipinski definition) is 4. The zero-order valence-electron chi connectivity index (χ0n) is 19.2. The number of anilines is 1. The molecule has 3 aromatic carbocycles. The van der Waals surface area contributed by atoms with E-state index in [1.54, 1.807) is 49.4 Å². The Morgan fingerprint density at radius 3 is 2.26 bits per heavy atom. The van der Waals surface area contributed by atoms with Crippen molar-refractivity contribution in [1.82, 2.24) is 10.2 Å². The molecular formula is C25H25BrIN3O4S. The first kappa shape index (κ1) is 27.2. The number of halogens is 2. The zero-order valence-corrected chi connectivity index (χ0v) is 23.7. The second-order valence-corrected chi connectivity index (χ2v) is 11.8. The number of amides is 2. The summed E-state index contributed by atoms with van der Waals surface area (Å²) in [5.74, 6) is -0.848. The number of carbonyl (C=O) groups excluding carboxylic acids is 2. The van der Waals surface area contributed by atoms with E-state index in [2.05, 4.69) is 43.8 Å². The molecule has 2 amide bonds. The first-order valence-electron chi connectivity index (χ1n) is 10.7. The third-order valence-corrected chi connectivity index (χ3v) is 8.38. The van der Waals surface area contributed by atoms with Crippen LogP contribution in [0.3, 0.4) is 0 Å². The Morgan fingerprint density at radius 1 is 1.00 bits per heavy atom. The Labute approximate surface area is 227 Å². The Hall–Kier alpha value is -2.44. The van der Waals surface area contributed by atoms with Gasteiger partial charge in [0.15, 0.2) is 0 Å². The number of likely N-dealkylation sites (N-methyl/N-ethyl adjacent to an activating group) is 1. The van der Waals surface area contributed by atoms with Gasteiger partial charge in [0.05, 0.1) is 10.6 Å². The molecule has 0 heterocycles. The Balaban J connectivity index is 2.01. The number of benzene rings is 3. The van der Waals surface area contributed by atoms with Gasteiger partial charge in [-0.2, -0.15) is 0 Å². The van der Waals surface area contributed by atoms with Crippen molar-refractivity contribution >= 4 is 66.0 Å². The van der Waals surface area contributed by atoms with Crippen LogP contribution in [-0.2, 0) is 26.2 Å². The third kappa shape index (κ3) is 6.83. The molecule has 0 bridgehead atoms. The van der Waals surface area contributed by atoms with Crippen molar-refractivity contribution in [2.75, 3.05) is 17.9 Å². The summed E-state index contributed by atoms with van der Waals surface area (Å²) in [6, 6.07) is 21.4. The van der Waals surface area contributed by atoms with Gasteiger partial charge in [0, 0.05) is 21.6 Å². The van der Waals surface area contributed by atoms with Gasteiger partial charge in [0.1, 0.15) is 12.6 Å². The normalized spacial score (nSPS) is 12.0. The number of nitrogens with one attached hydrogen (secondary N) is 1. The van der Waals surface area contributed by atoms with Crippen LogP contribution in [0.1, 0.15) is 12.5 Å². The lowest BCUT2D eigenvalue weighted by Gasteiger charge is -2.31. The van der Waals surface area contributed by atoms with Crippen molar-refractivity contribution < 1.29 is 18.0 Å². The van der Waals surface area contributed by atoms with Gasteiger partial charge in [-0.05, 0) is 83.6 Å². The van der Waals surface area contributed by atoms with Gasteiger partial charge in [-0.3, -0.25) is 13.9 Å². The van der Waals surface area contributed by atoms with Crippen LogP contribution in [0, 0.1) is 3.57 Å². The van der Waals surface area contributed by atoms with E-state index in [1.807, 2.05) is 24.3 Å². The van der Waals surface area contributed by atoms with Gasteiger partial charge in [0.2, 0.25) is 11.8 Å². The van der Waals surface area contributed by atoms with Crippen LogP contribution >= 0.6 is 38.5 Å². The second-order valence-electron chi connectivity index (χ2n) is 7.74. The molecule has 0 spiro atoms. The lowest BCUT2D eigenvalue weighted by Crippen LogP contribution is -2.50. The Morgan fingerprint density at radius 2 is 1.66 bits per heavy atom. The smallest absolute Gasteiger partial charge is 0.264 e. The van der Waals surface area contributed by atoms with E-state index in [9.17, 15) is 18.0 Å². The van der Waals surface area contributed by atoms with Gasteiger partial charge in [-0.15, -0.1) is 0 Å². The quantitative estimate of drug-likeness (QED) is 0.342. The predicted molar refractivity (Wildman–Crippen MR) is 148 cm³/mol. The van der Waals surface area contributed by atoms with Crippen LogP contribution in [0.25, 0.3) is 0 Å². The molecule has 10 heteroatoms. The molecule has 0 radical (unpaired) electrons. The molecule has 0 aliphatic carbocycles. The largest absolute Gasteiger partial charge is 0.357 e. The fourth-order valence-electron chi connectivity index (χ4n) is 3.48. The summed E-state index contributed by atoms with van der Waals surface area (Å²) >= 11 is 5.56. The van der Waals surface area contributed by atoms with Crippen LogP contribution < -0.4 is 9.62 Å². The van der Waals surface area contributed by atoms with E-state index in [0.29, 0.717) is 5.69 Å². The number of sulfonamides is 1. The summed E-state index contributed by atoms with van der Waals surface area (Å²) in [4.78, 5) is 27.6. The maximum atomic E-state index is 13.6. The van der Waals surface area contributed by atoms with Gasteiger partial charge in [-0.1, -0.05) is 46.3 Å². The summed E-state index contributed by atoms with van der Waals surface area (Å²) < 4.78 is 30.1. The SMILES string of the molecule is CNC(=O)[C@H](C)N(Cc1cccc(Br)c1)C(=O)CN(c1ccc(I)cc1)S(=O)(=O)c1ccccc1. The standard InChI is InChI=1S/C25H25BrIN3O4S/c1-18(25(32)28-2)29(16-19-7-6-8-20(26)15-19)24(31)17-30(22-13-11-21(27)12-14-22)35(33,34)23-9-4-3-5-10-23/h3-15,18H,16-17H2,1-2H3,(H,28,32)/t18-/m0/s1. The molecule has 3 aromatic rings. The number of carbonyl (C=O) groups is 2. The zero-order chi connectivity index (χ0) is 25.6. The summed E-state index contributed by atoms with van der Waals surface area (Å²) in [6.07, 6.45) is 0. The summed E-state index contributed by atoms with van der Waals surface area (Å²) in [5.41, 5.74) is 1.16. The molecule has 0 aliphatic heterocycles. The van der Waals surface area contributed by atoms with Crippen LogP contribution in [0.2, 0.25) is 0 Å². The average Bonchev–Trinajstić information content (AvgIpc) is 2.86. The number of rotatable bonds is 9. The van der Waals surface area contributed by atoms with Crippen molar-refractivity contribution in [2.24, 2.45) is 0 Å². The average molecular weight is 670 g/mol. The van der Waals surface area contributed by atoms with Gasteiger partial charge in [0.25, 0.3) is 10.0 Å². The molecule has 0 fully saturated rings. The fraction of sp³-hybridized carbons (Fsp3) is 0.200. The van der Waals surface area contributed by atoms with E-state index < -0.39 is 28.5 Å². The first-order valence-corrected chi connectivity index (χ1v) is 14.0. The minimum atomic E-state index is -4.05. The minimum Gasteiger partial charge on any atom is -0.357 e. The lowest BCUT2D eigenvalue weighted by atomic mass is 10.1.